The first kappa shape index (κ1) is 41.8. The standard InChI is InChI=1S/C70H42N4/c71-43-45-37-46(44-72)66(74-64-36-20-16-32-54(64)58-39-56-52-30-14-18-34-60(52)70(62(56)41-68(58)74,49-25-9-3-10-26-49)50-27-11-4-12-28-50)42-65(45)73-63-35-19-15-31-53(63)57-38-55-51-29-13-17-33-59(51)69(61(55)40-67(57)73,47-21-5-1-6-22-47)48-23-7-2-8-24-48/h1-42H. The van der Waals surface area contributed by atoms with E-state index in [-0.39, 0.29) is 0 Å². The second kappa shape index (κ2) is 15.7. The molecule has 11 aromatic carbocycles. The van der Waals surface area contributed by atoms with Crippen molar-refractivity contribution in [1.82, 2.24) is 9.13 Å². The summed E-state index contributed by atoms with van der Waals surface area (Å²) in [5.74, 6) is 0. The second-order valence-corrected chi connectivity index (χ2v) is 19.7. The van der Waals surface area contributed by atoms with Crippen molar-refractivity contribution >= 4 is 43.6 Å². The summed E-state index contributed by atoms with van der Waals surface area (Å²) in [5.41, 5.74) is 19.2. The van der Waals surface area contributed by atoms with Gasteiger partial charge in [-0.15, -0.1) is 0 Å². The zero-order valence-electron chi connectivity index (χ0n) is 40.0. The highest BCUT2D eigenvalue weighted by Gasteiger charge is 2.48. The van der Waals surface area contributed by atoms with E-state index < -0.39 is 10.8 Å². The Bertz CT molecular complexity index is 4180. The lowest BCUT2D eigenvalue weighted by Crippen LogP contribution is -2.28. The van der Waals surface area contributed by atoms with E-state index in [4.69, 9.17) is 0 Å². The topological polar surface area (TPSA) is 57.4 Å². The van der Waals surface area contributed by atoms with E-state index in [1.54, 1.807) is 6.07 Å². The van der Waals surface area contributed by atoms with Crippen molar-refractivity contribution in [3.05, 3.63) is 310 Å². The molecule has 0 radical (unpaired) electrons. The fourth-order valence-corrected chi connectivity index (χ4v) is 13.5. The predicted octanol–water partition coefficient (Wildman–Crippen LogP) is 16.4. The van der Waals surface area contributed by atoms with Crippen molar-refractivity contribution < 1.29 is 0 Å². The molecule has 74 heavy (non-hydrogen) atoms. The van der Waals surface area contributed by atoms with Crippen LogP contribution in [0.2, 0.25) is 0 Å². The fourth-order valence-electron chi connectivity index (χ4n) is 13.5. The molecule has 0 atom stereocenters. The Hall–Kier alpha value is -10.0. The minimum absolute atomic E-state index is 0.415. The predicted molar refractivity (Wildman–Crippen MR) is 299 cm³/mol. The monoisotopic (exact) mass is 938 g/mol. The van der Waals surface area contributed by atoms with Crippen LogP contribution in [0.15, 0.2) is 255 Å². The first-order valence-corrected chi connectivity index (χ1v) is 25.2. The van der Waals surface area contributed by atoms with Crippen molar-refractivity contribution in [3.63, 3.8) is 0 Å². The summed E-state index contributed by atoms with van der Waals surface area (Å²) in [6.45, 7) is 0. The third-order valence-electron chi connectivity index (χ3n) is 16.3. The number of rotatable bonds is 6. The van der Waals surface area contributed by atoms with Gasteiger partial charge in [-0.1, -0.05) is 206 Å². The van der Waals surface area contributed by atoms with Gasteiger partial charge in [-0.2, -0.15) is 10.5 Å². The maximum atomic E-state index is 11.3. The van der Waals surface area contributed by atoms with E-state index >= 15 is 0 Å². The normalized spacial score (nSPS) is 13.6. The van der Waals surface area contributed by atoms with Crippen molar-refractivity contribution in [2.24, 2.45) is 0 Å². The summed E-state index contributed by atoms with van der Waals surface area (Å²) in [4.78, 5) is 0. The second-order valence-electron chi connectivity index (χ2n) is 19.7. The summed E-state index contributed by atoms with van der Waals surface area (Å²) in [7, 11) is 0. The van der Waals surface area contributed by atoms with E-state index in [0.29, 0.717) is 22.5 Å². The SMILES string of the molecule is N#Cc1cc(C#N)c(-n2c3ccccc3c3cc4c(cc32)C(c2ccccc2)(c2ccccc2)c2ccccc2-4)cc1-n1c2ccccc2c2cc3c(cc21)C(c1ccccc1)(c1ccccc1)c1ccccc1-3. The van der Waals surface area contributed by atoms with Crippen LogP contribution < -0.4 is 0 Å². The quantitative estimate of drug-likeness (QED) is 0.167. The van der Waals surface area contributed by atoms with Gasteiger partial charge in [0.15, 0.2) is 0 Å². The number of hydrogen-bond acceptors (Lipinski definition) is 2. The van der Waals surface area contributed by atoms with Gasteiger partial charge in [-0.25, -0.2) is 0 Å². The van der Waals surface area contributed by atoms with Crippen LogP contribution in [0.25, 0.3) is 77.2 Å². The van der Waals surface area contributed by atoms with Crippen LogP contribution in [-0.4, -0.2) is 9.13 Å². The summed E-state index contributed by atoms with van der Waals surface area (Å²) in [5, 5.41) is 26.9. The highest BCUT2D eigenvalue weighted by Crippen LogP contribution is 2.59. The molecule has 0 fully saturated rings. The summed E-state index contributed by atoms with van der Waals surface area (Å²) in [6.07, 6.45) is 0. The van der Waals surface area contributed by atoms with Gasteiger partial charge in [0.2, 0.25) is 0 Å². The van der Waals surface area contributed by atoms with Crippen LogP contribution in [0.3, 0.4) is 0 Å². The number of nitriles is 2. The molecule has 0 saturated carbocycles. The molecule has 13 aromatic rings. The average molecular weight is 939 g/mol. The van der Waals surface area contributed by atoms with Crippen LogP contribution >= 0.6 is 0 Å². The lowest BCUT2D eigenvalue weighted by atomic mass is 9.67. The summed E-state index contributed by atoms with van der Waals surface area (Å²) < 4.78 is 4.55. The molecule has 4 heteroatoms. The van der Waals surface area contributed by atoms with Gasteiger partial charge in [0.05, 0.1) is 55.4 Å². The van der Waals surface area contributed by atoms with Gasteiger partial charge < -0.3 is 9.13 Å². The first-order valence-electron chi connectivity index (χ1n) is 25.2. The number of para-hydroxylation sites is 2. The Labute approximate surface area is 428 Å². The number of aromatic nitrogens is 2. The third-order valence-corrected chi connectivity index (χ3v) is 16.3. The molecule has 2 heterocycles. The molecule has 342 valence electrons. The largest absolute Gasteiger partial charge is 0.308 e. The maximum Gasteiger partial charge on any atom is 0.101 e. The van der Waals surface area contributed by atoms with Crippen LogP contribution in [0.4, 0.5) is 0 Å². The smallest absolute Gasteiger partial charge is 0.101 e. The van der Waals surface area contributed by atoms with Crippen molar-refractivity contribution in [2.45, 2.75) is 10.8 Å². The maximum absolute atomic E-state index is 11.3. The molecule has 0 saturated heterocycles. The fraction of sp³-hybridized carbons (Fsp3) is 0.0286. The zero-order chi connectivity index (χ0) is 49.1. The van der Waals surface area contributed by atoms with Crippen LogP contribution in [0, 0.1) is 22.7 Å². The molecular formula is C70H42N4. The Kier molecular flexibility index (Phi) is 8.89. The van der Waals surface area contributed by atoms with E-state index in [1.165, 1.54) is 66.8 Å². The molecule has 0 spiro atoms. The highest BCUT2D eigenvalue weighted by atomic mass is 15.0. The third kappa shape index (κ3) is 5.44. The Balaban J connectivity index is 1.05. The molecule has 4 nitrogen and oxygen atoms in total. The number of fused-ring (bicyclic) bond motifs is 12. The minimum atomic E-state index is -0.630. The van der Waals surface area contributed by atoms with Gasteiger partial charge in [0.25, 0.3) is 0 Å². The van der Waals surface area contributed by atoms with Crippen molar-refractivity contribution in [1.29, 1.82) is 10.5 Å². The molecule has 0 unspecified atom stereocenters. The van der Waals surface area contributed by atoms with Crippen LogP contribution in [-0.2, 0) is 10.8 Å². The lowest BCUT2D eigenvalue weighted by molar-refractivity contribution is 0.769. The summed E-state index contributed by atoms with van der Waals surface area (Å²) >= 11 is 0. The van der Waals surface area contributed by atoms with Crippen LogP contribution in [0.1, 0.15) is 55.6 Å². The molecule has 0 aliphatic heterocycles. The molecule has 0 N–H and O–H groups in total. The summed E-state index contributed by atoms with van der Waals surface area (Å²) in [6, 6.07) is 96.8. The van der Waals surface area contributed by atoms with Gasteiger partial charge in [-0.3, -0.25) is 0 Å². The lowest BCUT2D eigenvalue weighted by Gasteiger charge is -2.34. The van der Waals surface area contributed by atoms with Crippen molar-refractivity contribution in [2.75, 3.05) is 0 Å². The van der Waals surface area contributed by atoms with E-state index in [1.807, 2.05) is 0 Å². The van der Waals surface area contributed by atoms with E-state index in [2.05, 4.69) is 270 Å². The molecule has 2 aromatic heterocycles. The molecular weight excluding hydrogens is 897 g/mol. The Morgan fingerprint density at radius 2 is 0.608 bits per heavy atom. The molecule has 15 rings (SSSR count). The number of nitrogens with zero attached hydrogens (tertiary/aromatic N) is 4. The van der Waals surface area contributed by atoms with Gasteiger partial charge in [0, 0.05) is 21.5 Å². The first-order chi connectivity index (χ1) is 36.6. The Morgan fingerprint density at radius 1 is 0.270 bits per heavy atom. The number of benzene rings is 11. The van der Waals surface area contributed by atoms with Gasteiger partial charge in [0.1, 0.15) is 12.1 Å². The van der Waals surface area contributed by atoms with Gasteiger partial charge in [-0.05, 0) is 115 Å². The minimum Gasteiger partial charge on any atom is -0.308 e. The molecule has 2 aliphatic carbocycles. The van der Waals surface area contributed by atoms with Crippen LogP contribution in [0.5, 0.6) is 0 Å². The molecule has 2 aliphatic rings. The Morgan fingerprint density at radius 3 is 0.986 bits per heavy atom. The van der Waals surface area contributed by atoms with Crippen molar-refractivity contribution in [3.8, 4) is 45.8 Å². The van der Waals surface area contributed by atoms with Gasteiger partial charge >= 0.3 is 0 Å². The number of hydrogen-bond donors (Lipinski definition) is 0. The average Bonchev–Trinajstić information content (AvgIpc) is 4.19. The van der Waals surface area contributed by atoms with E-state index in [9.17, 15) is 10.5 Å². The van der Waals surface area contributed by atoms with E-state index in [0.717, 1.165) is 43.6 Å². The zero-order valence-corrected chi connectivity index (χ0v) is 40.0. The molecule has 0 bridgehead atoms. The highest BCUT2D eigenvalue weighted by molar-refractivity contribution is 6.14. The molecule has 0 amide bonds.